The molecule has 0 spiro atoms. The normalized spacial score (nSPS) is 14.6. The first kappa shape index (κ1) is 20.4. The molecule has 5 heteroatoms. The summed E-state index contributed by atoms with van der Waals surface area (Å²) in [6.07, 6.45) is 0. The highest BCUT2D eigenvalue weighted by atomic mass is 16.5. The lowest BCUT2D eigenvalue weighted by Crippen LogP contribution is -2.62. The van der Waals surface area contributed by atoms with Crippen molar-refractivity contribution < 1.29 is 9.47 Å². The summed E-state index contributed by atoms with van der Waals surface area (Å²) in [5.74, 6) is 3.95. The van der Waals surface area contributed by atoms with Crippen molar-refractivity contribution in [2.45, 2.75) is 19.8 Å². The Morgan fingerprint density at radius 2 is 1.26 bits per heavy atom. The van der Waals surface area contributed by atoms with Crippen LogP contribution in [-0.2, 0) is 0 Å². The Morgan fingerprint density at radius 3 is 2.05 bits per heavy atom. The second kappa shape index (κ2) is 7.02. The van der Waals surface area contributed by atoms with Gasteiger partial charge in [-0.3, -0.25) is 0 Å². The Hall–Kier alpha value is -4.64. The zero-order valence-electron chi connectivity index (χ0n) is 21.1. The second-order valence-electron chi connectivity index (χ2n) is 10.7. The highest BCUT2D eigenvalue weighted by Crippen LogP contribution is 2.57. The summed E-state index contributed by atoms with van der Waals surface area (Å²) in [6.45, 7) is 4.53. The summed E-state index contributed by atoms with van der Waals surface area (Å²) in [4.78, 5) is 4.93. The summed E-state index contributed by atoms with van der Waals surface area (Å²) in [5, 5.41) is 0. The fourth-order valence-corrected chi connectivity index (χ4v) is 6.73. The average molecular weight is 490 g/mol. The van der Waals surface area contributed by atoms with Gasteiger partial charge in [0, 0.05) is 11.3 Å². The molecule has 9 rings (SSSR count). The van der Waals surface area contributed by atoms with E-state index in [1.165, 1.54) is 33.3 Å². The summed E-state index contributed by atoms with van der Waals surface area (Å²) < 4.78 is 13.0. The number of fused-ring (bicyclic) bond motifs is 8. The Kier molecular flexibility index (Phi) is 3.77. The predicted octanol–water partition coefficient (Wildman–Crippen LogP) is 7.73. The molecule has 4 aliphatic rings. The highest BCUT2D eigenvalue weighted by molar-refractivity contribution is 6.94. The number of benzene rings is 5. The van der Waals surface area contributed by atoms with Gasteiger partial charge in [-0.2, -0.15) is 0 Å². The van der Waals surface area contributed by atoms with Crippen molar-refractivity contribution in [1.82, 2.24) is 0 Å². The van der Waals surface area contributed by atoms with Crippen LogP contribution in [0, 0.1) is 0 Å². The van der Waals surface area contributed by atoms with Gasteiger partial charge in [-0.1, -0.05) is 68.4 Å². The number of para-hydroxylation sites is 6. The maximum Gasteiger partial charge on any atom is 0.333 e. The van der Waals surface area contributed by atoms with Gasteiger partial charge in [-0.05, 0) is 70.4 Å². The molecule has 0 aromatic heterocycles. The van der Waals surface area contributed by atoms with Crippen molar-refractivity contribution in [3.8, 4) is 34.1 Å². The summed E-state index contributed by atoms with van der Waals surface area (Å²) in [7, 11) is 0. The fourth-order valence-electron chi connectivity index (χ4n) is 6.73. The molecule has 5 aromatic carbocycles. The maximum absolute atomic E-state index is 6.52. The smallest absolute Gasteiger partial charge is 0.333 e. The van der Waals surface area contributed by atoms with Gasteiger partial charge in [0.1, 0.15) is 5.75 Å². The van der Waals surface area contributed by atoms with Crippen LogP contribution in [0.3, 0.4) is 0 Å². The quantitative estimate of drug-likeness (QED) is 0.220. The van der Waals surface area contributed by atoms with E-state index < -0.39 is 0 Å². The van der Waals surface area contributed by atoms with E-state index in [1.54, 1.807) is 0 Å². The molecule has 0 aliphatic carbocycles. The third kappa shape index (κ3) is 2.42. The minimum Gasteiger partial charge on any atom is -0.453 e. The average Bonchev–Trinajstić information content (AvgIpc) is 2.95. The minimum absolute atomic E-state index is 0.0139. The number of hydrogen-bond acceptors (Lipinski definition) is 4. The Balaban J connectivity index is 1.46. The SMILES string of the molecule is CC(C)c1cc2c3c(c1)N1c4ccccc4Oc4cccc(c41)B3N1c3ccccc3Oc3cccc-2c31. The molecule has 180 valence electrons. The van der Waals surface area contributed by atoms with Crippen molar-refractivity contribution in [2.75, 3.05) is 9.71 Å². The zero-order chi connectivity index (χ0) is 25.1. The molecule has 0 amide bonds. The van der Waals surface area contributed by atoms with Gasteiger partial charge in [0.15, 0.2) is 17.2 Å². The van der Waals surface area contributed by atoms with E-state index >= 15 is 0 Å². The molecular formula is C33H23BN2O2. The number of ether oxygens (including phenoxy) is 2. The number of nitrogens with zero attached hydrogens (tertiary/aromatic N) is 2. The molecule has 4 heterocycles. The standard InChI is InChI=1S/C33H23BN2O2/c1-19(2)20-17-22-21-9-7-15-29-32(21)36(25-12-4-6-14-28(25)38-29)34-23-10-8-16-30-33(23)35(26(18-20)31(22)34)24-11-3-5-13-27(24)37-30/h3-19H,1-2H3. The number of hydrogen-bond donors (Lipinski definition) is 0. The molecule has 4 nitrogen and oxygen atoms in total. The van der Waals surface area contributed by atoms with Crippen LogP contribution in [0.15, 0.2) is 97.1 Å². The molecule has 0 fully saturated rings. The van der Waals surface area contributed by atoms with E-state index in [-0.39, 0.29) is 6.85 Å². The Labute approximate surface area is 221 Å². The van der Waals surface area contributed by atoms with Crippen molar-refractivity contribution in [1.29, 1.82) is 0 Å². The molecule has 0 saturated heterocycles. The largest absolute Gasteiger partial charge is 0.453 e. The minimum atomic E-state index is -0.0139. The van der Waals surface area contributed by atoms with Crippen molar-refractivity contribution >= 4 is 46.2 Å². The molecule has 0 saturated carbocycles. The molecule has 0 radical (unpaired) electrons. The zero-order valence-corrected chi connectivity index (χ0v) is 21.1. The topological polar surface area (TPSA) is 24.9 Å². The summed E-state index contributed by atoms with van der Waals surface area (Å²) >= 11 is 0. The lowest BCUT2D eigenvalue weighted by molar-refractivity contribution is 0.477. The molecular weight excluding hydrogens is 467 g/mol. The van der Waals surface area contributed by atoms with E-state index in [0.717, 1.165) is 45.7 Å². The first-order valence-corrected chi connectivity index (χ1v) is 13.3. The van der Waals surface area contributed by atoms with Crippen molar-refractivity contribution in [3.63, 3.8) is 0 Å². The van der Waals surface area contributed by atoms with Crippen LogP contribution in [0.2, 0.25) is 0 Å². The van der Waals surface area contributed by atoms with Gasteiger partial charge in [-0.25, -0.2) is 0 Å². The molecule has 0 atom stereocenters. The first-order chi connectivity index (χ1) is 18.7. The molecule has 5 aromatic rings. The van der Waals surface area contributed by atoms with E-state index in [0.29, 0.717) is 5.92 Å². The number of anilines is 5. The van der Waals surface area contributed by atoms with Gasteiger partial charge >= 0.3 is 6.85 Å². The molecule has 0 N–H and O–H groups in total. The van der Waals surface area contributed by atoms with Crippen LogP contribution < -0.4 is 30.1 Å². The Morgan fingerprint density at radius 1 is 0.605 bits per heavy atom. The van der Waals surface area contributed by atoms with Crippen LogP contribution in [-0.4, -0.2) is 6.85 Å². The van der Waals surface area contributed by atoms with Gasteiger partial charge in [-0.15, -0.1) is 0 Å². The molecule has 0 bridgehead atoms. The first-order valence-electron chi connectivity index (χ1n) is 13.3. The third-order valence-corrected chi connectivity index (χ3v) is 8.37. The van der Waals surface area contributed by atoms with Gasteiger partial charge in [0.25, 0.3) is 0 Å². The fraction of sp³-hybridized carbons (Fsp3) is 0.0909. The lowest BCUT2D eigenvalue weighted by atomic mass is 9.43. The van der Waals surface area contributed by atoms with Crippen LogP contribution in [0.4, 0.5) is 28.4 Å². The molecule has 38 heavy (non-hydrogen) atoms. The third-order valence-electron chi connectivity index (χ3n) is 8.37. The van der Waals surface area contributed by atoms with Gasteiger partial charge < -0.3 is 19.2 Å². The van der Waals surface area contributed by atoms with Crippen LogP contribution in [0.25, 0.3) is 11.1 Å². The van der Waals surface area contributed by atoms with Crippen molar-refractivity contribution in [2.24, 2.45) is 0 Å². The van der Waals surface area contributed by atoms with E-state index in [4.69, 9.17) is 9.47 Å². The summed E-state index contributed by atoms with van der Waals surface area (Å²) in [5.41, 5.74) is 12.1. The number of rotatable bonds is 1. The van der Waals surface area contributed by atoms with Gasteiger partial charge in [0.2, 0.25) is 0 Å². The van der Waals surface area contributed by atoms with E-state index in [1.807, 2.05) is 12.1 Å². The van der Waals surface area contributed by atoms with Crippen molar-refractivity contribution in [3.05, 3.63) is 103 Å². The summed E-state index contributed by atoms with van der Waals surface area (Å²) in [6, 6.07) is 34.5. The second-order valence-corrected chi connectivity index (χ2v) is 10.7. The highest BCUT2D eigenvalue weighted by Gasteiger charge is 2.49. The van der Waals surface area contributed by atoms with Crippen LogP contribution >= 0.6 is 0 Å². The van der Waals surface area contributed by atoms with Crippen LogP contribution in [0.5, 0.6) is 23.0 Å². The van der Waals surface area contributed by atoms with Gasteiger partial charge in [0.05, 0.1) is 22.7 Å². The monoisotopic (exact) mass is 490 g/mol. The Bertz CT molecular complexity index is 1850. The maximum atomic E-state index is 6.52. The molecule has 0 unspecified atom stereocenters. The lowest BCUT2D eigenvalue weighted by Gasteiger charge is -2.48. The van der Waals surface area contributed by atoms with E-state index in [2.05, 4.69) is 108 Å². The van der Waals surface area contributed by atoms with E-state index in [9.17, 15) is 0 Å². The molecule has 4 aliphatic heterocycles. The van der Waals surface area contributed by atoms with Crippen LogP contribution in [0.1, 0.15) is 25.3 Å². The predicted molar refractivity (Wildman–Crippen MR) is 154 cm³/mol.